The summed E-state index contributed by atoms with van der Waals surface area (Å²) in [5.41, 5.74) is 2.22. The molecule has 1 aromatic carbocycles. The van der Waals surface area contributed by atoms with Gasteiger partial charge in [-0.15, -0.1) is 0 Å². The van der Waals surface area contributed by atoms with Gasteiger partial charge in [-0.05, 0) is 30.2 Å². The zero-order valence-corrected chi connectivity index (χ0v) is 11.4. The normalized spacial score (nSPS) is 10.2. The maximum Gasteiger partial charge on any atom is 0.220 e. The highest BCUT2D eigenvalue weighted by molar-refractivity contribution is 5.95. The molecule has 0 spiro atoms. The second-order valence-electron chi connectivity index (χ2n) is 4.60. The Morgan fingerprint density at radius 1 is 1.10 bits per heavy atom. The molecule has 0 saturated heterocycles. The molecule has 20 heavy (non-hydrogen) atoms. The Bertz CT molecular complexity index is 588. The van der Waals surface area contributed by atoms with Crippen LogP contribution in [0.15, 0.2) is 47.1 Å². The Kier molecular flexibility index (Phi) is 4.71. The van der Waals surface area contributed by atoms with Crippen molar-refractivity contribution in [3.8, 4) is 0 Å². The fraction of sp³-hybridized carbons (Fsp3) is 0.250. The molecule has 1 aromatic heterocycles. The first-order valence-corrected chi connectivity index (χ1v) is 6.54. The van der Waals surface area contributed by atoms with Gasteiger partial charge in [0.05, 0.1) is 6.26 Å². The monoisotopic (exact) mass is 271 g/mol. The molecule has 0 bridgehead atoms. The summed E-state index contributed by atoms with van der Waals surface area (Å²) in [7, 11) is 0. The summed E-state index contributed by atoms with van der Waals surface area (Å²) in [5.74, 6) is 0.0194. The van der Waals surface area contributed by atoms with E-state index < -0.39 is 0 Å². The molecule has 4 heteroatoms. The number of nitrogens with one attached hydrogen (secondary N) is 1. The Labute approximate surface area is 117 Å². The summed E-state index contributed by atoms with van der Waals surface area (Å²) in [6, 6.07) is 11.1. The van der Waals surface area contributed by atoms with Gasteiger partial charge in [-0.25, -0.2) is 0 Å². The molecule has 0 fully saturated rings. The van der Waals surface area contributed by atoms with Crippen molar-refractivity contribution in [1.29, 1.82) is 0 Å². The topological polar surface area (TPSA) is 59.3 Å². The number of benzene rings is 1. The molecule has 0 aliphatic carbocycles. The number of ketones is 1. The van der Waals surface area contributed by atoms with Crippen LogP contribution in [0.3, 0.4) is 0 Å². The van der Waals surface area contributed by atoms with Crippen LogP contribution in [-0.2, 0) is 11.3 Å². The molecule has 0 saturated carbocycles. The van der Waals surface area contributed by atoms with Crippen molar-refractivity contribution in [1.82, 2.24) is 5.32 Å². The zero-order valence-electron chi connectivity index (χ0n) is 11.4. The summed E-state index contributed by atoms with van der Waals surface area (Å²) >= 11 is 0. The summed E-state index contributed by atoms with van der Waals surface area (Å²) in [6.45, 7) is 2.49. The molecule has 0 aliphatic rings. The van der Waals surface area contributed by atoms with Crippen LogP contribution >= 0.6 is 0 Å². The summed E-state index contributed by atoms with van der Waals surface area (Å²) in [5, 5.41) is 2.82. The first-order chi connectivity index (χ1) is 9.66. The second kappa shape index (κ2) is 6.70. The molecule has 0 unspecified atom stereocenters. The van der Waals surface area contributed by atoms with Gasteiger partial charge >= 0.3 is 0 Å². The van der Waals surface area contributed by atoms with Gasteiger partial charge in [0.2, 0.25) is 5.91 Å². The molecule has 1 amide bonds. The van der Waals surface area contributed by atoms with Gasteiger partial charge in [-0.2, -0.15) is 0 Å². The molecular weight excluding hydrogens is 254 g/mol. The largest absolute Gasteiger partial charge is 0.461 e. The average molecular weight is 271 g/mol. The maximum absolute atomic E-state index is 11.7. The van der Waals surface area contributed by atoms with Crippen LogP contribution in [0.2, 0.25) is 0 Å². The number of Topliss-reactive ketones (excluding diaryl/α,β-unsaturated/α-hetero) is 1. The minimum atomic E-state index is -0.152. The van der Waals surface area contributed by atoms with Crippen molar-refractivity contribution in [3.63, 3.8) is 0 Å². The molecule has 2 rings (SSSR count). The van der Waals surface area contributed by atoms with Crippen LogP contribution in [0.1, 0.15) is 34.5 Å². The van der Waals surface area contributed by atoms with E-state index in [1.807, 2.05) is 31.2 Å². The number of furan rings is 1. The number of aryl methyl sites for hydroxylation is 1. The van der Waals surface area contributed by atoms with Crippen molar-refractivity contribution in [2.45, 2.75) is 26.3 Å². The highest BCUT2D eigenvalue weighted by atomic mass is 16.3. The Morgan fingerprint density at radius 2 is 1.90 bits per heavy atom. The molecule has 4 nitrogen and oxygen atoms in total. The SMILES string of the molecule is Cc1ccccc1CNC(=O)CCC(=O)c1ccco1. The number of amides is 1. The summed E-state index contributed by atoms with van der Waals surface area (Å²) in [4.78, 5) is 23.4. The third-order valence-electron chi connectivity index (χ3n) is 3.11. The zero-order chi connectivity index (χ0) is 14.4. The molecule has 0 radical (unpaired) electrons. The minimum absolute atomic E-state index is 0.131. The van der Waals surface area contributed by atoms with Crippen LogP contribution in [0.5, 0.6) is 0 Å². The Hall–Kier alpha value is -2.36. The predicted molar refractivity (Wildman–Crippen MR) is 75.3 cm³/mol. The van der Waals surface area contributed by atoms with Crippen molar-refractivity contribution >= 4 is 11.7 Å². The maximum atomic E-state index is 11.7. The summed E-state index contributed by atoms with van der Waals surface area (Å²) in [6.07, 6.45) is 1.78. The molecular formula is C16H17NO3. The first kappa shape index (κ1) is 14.1. The highest BCUT2D eigenvalue weighted by Crippen LogP contribution is 2.08. The van der Waals surface area contributed by atoms with E-state index in [1.165, 1.54) is 6.26 Å². The number of rotatable bonds is 6. The van der Waals surface area contributed by atoms with Crippen LogP contribution in [0, 0.1) is 6.92 Å². The third kappa shape index (κ3) is 3.82. The van der Waals surface area contributed by atoms with Gasteiger partial charge in [0.15, 0.2) is 11.5 Å². The number of carbonyl (C=O) groups is 2. The quantitative estimate of drug-likeness (QED) is 0.822. The van der Waals surface area contributed by atoms with Crippen molar-refractivity contribution in [3.05, 3.63) is 59.5 Å². The lowest BCUT2D eigenvalue weighted by molar-refractivity contribution is -0.121. The molecule has 1 N–H and O–H groups in total. The number of carbonyl (C=O) groups excluding carboxylic acids is 2. The van der Waals surface area contributed by atoms with E-state index in [0.29, 0.717) is 12.3 Å². The average Bonchev–Trinajstić information content (AvgIpc) is 2.98. The van der Waals surface area contributed by atoms with E-state index >= 15 is 0 Å². The molecule has 0 atom stereocenters. The van der Waals surface area contributed by atoms with Crippen molar-refractivity contribution in [2.75, 3.05) is 0 Å². The van der Waals surface area contributed by atoms with Gasteiger partial charge in [-0.1, -0.05) is 24.3 Å². The van der Waals surface area contributed by atoms with Crippen LogP contribution in [0.25, 0.3) is 0 Å². The second-order valence-corrected chi connectivity index (χ2v) is 4.60. The Balaban J connectivity index is 1.76. The van der Waals surface area contributed by atoms with E-state index in [1.54, 1.807) is 12.1 Å². The van der Waals surface area contributed by atoms with Gasteiger partial charge in [0.1, 0.15) is 0 Å². The van der Waals surface area contributed by atoms with E-state index in [4.69, 9.17) is 4.42 Å². The minimum Gasteiger partial charge on any atom is -0.461 e. The van der Waals surface area contributed by atoms with Crippen molar-refractivity contribution < 1.29 is 14.0 Å². The molecule has 0 aliphatic heterocycles. The smallest absolute Gasteiger partial charge is 0.220 e. The van der Waals surface area contributed by atoms with E-state index in [0.717, 1.165) is 11.1 Å². The lowest BCUT2D eigenvalue weighted by atomic mass is 10.1. The van der Waals surface area contributed by atoms with Crippen LogP contribution in [-0.4, -0.2) is 11.7 Å². The van der Waals surface area contributed by atoms with Gasteiger partial charge in [0.25, 0.3) is 0 Å². The fourth-order valence-corrected chi connectivity index (χ4v) is 1.88. The van der Waals surface area contributed by atoms with Crippen LogP contribution < -0.4 is 5.32 Å². The van der Waals surface area contributed by atoms with Crippen molar-refractivity contribution in [2.24, 2.45) is 0 Å². The number of hydrogen-bond acceptors (Lipinski definition) is 3. The van der Waals surface area contributed by atoms with Crippen LogP contribution in [0.4, 0.5) is 0 Å². The summed E-state index contributed by atoms with van der Waals surface area (Å²) < 4.78 is 4.99. The standard InChI is InChI=1S/C16H17NO3/c1-12-5-2-3-6-13(12)11-17-16(19)9-8-14(18)15-7-4-10-20-15/h2-7,10H,8-9,11H2,1H3,(H,17,19). The van der Waals surface area contributed by atoms with Gasteiger partial charge < -0.3 is 9.73 Å². The van der Waals surface area contributed by atoms with Gasteiger partial charge in [-0.3, -0.25) is 9.59 Å². The molecule has 2 aromatic rings. The molecule has 104 valence electrons. The van der Waals surface area contributed by atoms with Gasteiger partial charge in [0, 0.05) is 19.4 Å². The first-order valence-electron chi connectivity index (χ1n) is 6.54. The molecule has 1 heterocycles. The number of hydrogen-bond donors (Lipinski definition) is 1. The van der Waals surface area contributed by atoms with E-state index in [9.17, 15) is 9.59 Å². The Morgan fingerprint density at radius 3 is 2.60 bits per heavy atom. The van der Waals surface area contributed by atoms with E-state index in [2.05, 4.69) is 5.32 Å². The fourth-order valence-electron chi connectivity index (χ4n) is 1.88. The third-order valence-corrected chi connectivity index (χ3v) is 3.11. The predicted octanol–water partition coefficient (Wildman–Crippen LogP) is 2.87. The lowest BCUT2D eigenvalue weighted by Crippen LogP contribution is -2.23. The van der Waals surface area contributed by atoms with E-state index in [-0.39, 0.29) is 24.5 Å². The highest BCUT2D eigenvalue weighted by Gasteiger charge is 2.11. The lowest BCUT2D eigenvalue weighted by Gasteiger charge is -2.07.